The van der Waals surface area contributed by atoms with E-state index in [4.69, 9.17) is 0 Å². The third-order valence-corrected chi connectivity index (χ3v) is 2.20. The van der Waals surface area contributed by atoms with Crippen molar-refractivity contribution in [3.63, 3.8) is 0 Å². The van der Waals surface area contributed by atoms with Crippen molar-refractivity contribution in [2.24, 2.45) is 12.0 Å². The van der Waals surface area contributed by atoms with E-state index in [9.17, 15) is 0 Å². The van der Waals surface area contributed by atoms with E-state index in [1.165, 1.54) is 0 Å². The molecule has 0 aliphatic heterocycles. The topological polar surface area (TPSA) is 22.2 Å². The lowest BCUT2D eigenvalue weighted by Gasteiger charge is -2.01. The first kappa shape index (κ1) is 8.81. The number of imidazole rings is 1. The third-order valence-electron chi connectivity index (χ3n) is 2.20. The molecule has 0 aliphatic carbocycles. The Hall–Kier alpha value is -1.77. The summed E-state index contributed by atoms with van der Waals surface area (Å²) in [5.74, 6) is 0. The third kappa shape index (κ3) is 1.37. The van der Waals surface area contributed by atoms with Crippen molar-refractivity contribution in [1.29, 1.82) is 0 Å². The highest BCUT2D eigenvalue weighted by atomic mass is 15.2. The SMILES string of the molecule is C/N=c1/n(C)ccn1-c1ccccc1. The smallest absolute Gasteiger partial charge is 0.209 e. The second kappa shape index (κ2) is 3.54. The number of rotatable bonds is 1. The van der Waals surface area contributed by atoms with Crippen molar-refractivity contribution < 1.29 is 0 Å². The number of benzene rings is 1. The molecule has 2 rings (SSSR count). The van der Waals surface area contributed by atoms with Gasteiger partial charge in [0, 0.05) is 32.2 Å². The summed E-state index contributed by atoms with van der Waals surface area (Å²) in [6, 6.07) is 10.2. The molecule has 0 unspecified atom stereocenters. The fourth-order valence-corrected chi connectivity index (χ4v) is 1.53. The average molecular weight is 187 g/mol. The van der Waals surface area contributed by atoms with Gasteiger partial charge in [0.1, 0.15) is 0 Å². The van der Waals surface area contributed by atoms with Gasteiger partial charge in [-0.25, -0.2) is 0 Å². The predicted octanol–water partition coefficient (Wildman–Crippen LogP) is 1.35. The summed E-state index contributed by atoms with van der Waals surface area (Å²) in [7, 11) is 3.79. The molecule has 14 heavy (non-hydrogen) atoms. The highest BCUT2D eigenvalue weighted by molar-refractivity contribution is 5.30. The summed E-state index contributed by atoms with van der Waals surface area (Å²) in [6.45, 7) is 0. The Morgan fingerprint density at radius 1 is 1.07 bits per heavy atom. The Morgan fingerprint density at radius 3 is 2.43 bits per heavy atom. The summed E-state index contributed by atoms with van der Waals surface area (Å²) in [5.41, 5.74) is 2.07. The first-order valence-corrected chi connectivity index (χ1v) is 4.55. The number of aryl methyl sites for hydroxylation is 1. The molecule has 3 nitrogen and oxygen atoms in total. The first-order chi connectivity index (χ1) is 6.83. The Labute approximate surface area is 83.0 Å². The van der Waals surface area contributed by atoms with Gasteiger partial charge in [-0.1, -0.05) is 18.2 Å². The van der Waals surface area contributed by atoms with Gasteiger partial charge in [0.05, 0.1) is 0 Å². The van der Waals surface area contributed by atoms with Crippen molar-refractivity contribution in [3.8, 4) is 5.69 Å². The first-order valence-electron chi connectivity index (χ1n) is 4.55. The van der Waals surface area contributed by atoms with Gasteiger partial charge in [0.15, 0.2) is 0 Å². The minimum atomic E-state index is 0.941. The molecular weight excluding hydrogens is 174 g/mol. The highest BCUT2D eigenvalue weighted by Crippen LogP contribution is 2.02. The van der Waals surface area contributed by atoms with Crippen LogP contribution in [-0.4, -0.2) is 16.2 Å². The maximum atomic E-state index is 4.23. The van der Waals surface area contributed by atoms with Crippen molar-refractivity contribution in [2.45, 2.75) is 0 Å². The Balaban J connectivity index is 2.64. The van der Waals surface area contributed by atoms with Gasteiger partial charge < -0.3 is 4.57 Å². The zero-order chi connectivity index (χ0) is 9.97. The Kier molecular flexibility index (Phi) is 2.23. The minimum Gasteiger partial charge on any atom is -0.320 e. The molecule has 0 spiro atoms. The molecule has 0 fully saturated rings. The fraction of sp³-hybridized carbons (Fsp3) is 0.182. The maximum Gasteiger partial charge on any atom is 0.209 e. The molecule has 2 aromatic rings. The van der Waals surface area contributed by atoms with Crippen LogP contribution in [0.1, 0.15) is 0 Å². The molecule has 72 valence electrons. The van der Waals surface area contributed by atoms with Crippen LogP contribution in [0, 0.1) is 0 Å². The Bertz CT molecular complexity index is 477. The van der Waals surface area contributed by atoms with Gasteiger partial charge in [-0.3, -0.25) is 9.56 Å². The van der Waals surface area contributed by atoms with Crippen LogP contribution in [0.25, 0.3) is 5.69 Å². The highest BCUT2D eigenvalue weighted by Gasteiger charge is 1.98. The molecule has 0 amide bonds. The summed E-state index contributed by atoms with van der Waals surface area (Å²) >= 11 is 0. The van der Waals surface area contributed by atoms with Gasteiger partial charge in [0.2, 0.25) is 5.62 Å². The number of hydrogen-bond acceptors (Lipinski definition) is 1. The molecule has 1 heterocycles. The quantitative estimate of drug-likeness (QED) is 0.643. The minimum absolute atomic E-state index is 0.941. The van der Waals surface area contributed by atoms with Crippen LogP contribution in [0.15, 0.2) is 47.7 Å². The molecule has 3 heteroatoms. The lowest BCUT2D eigenvalue weighted by atomic mass is 10.3. The van der Waals surface area contributed by atoms with E-state index in [-0.39, 0.29) is 0 Å². The van der Waals surface area contributed by atoms with Crippen molar-refractivity contribution in [1.82, 2.24) is 9.13 Å². The van der Waals surface area contributed by atoms with E-state index in [1.807, 2.05) is 42.2 Å². The fourth-order valence-electron chi connectivity index (χ4n) is 1.53. The molecule has 0 aliphatic rings. The lowest BCUT2D eigenvalue weighted by Crippen LogP contribution is -2.22. The second-order valence-electron chi connectivity index (χ2n) is 3.14. The number of para-hydroxylation sites is 1. The zero-order valence-electron chi connectivity index (χ0n) is 8.38. The number of aromatic nitrogens is 2. The largest absolute Gasteiger partial charge is 0.320 e. The van der Waals surface area contributed by atoms with E-state index in [0.717, 1.165) is 11.3 Å². The predicted molar refractivity (Wildman–Crippen MR) is 56.2 cm³/mol. The van der Waals surface area contributed by atoms with Crippen molar-refractivity contribution >= 4 is 0 Å². The van der Waals surface area contributed by atoms with E-state index in [1.54, 1.807) is 7.05 Å². The molecule has 0 bridgehead atoms. The van der Waals surface area contributed by atoms with E-state index in [0.29, 0.717) is 0 Å². The zero-order valence-corrected chi connectivity index (χ0v) is 8.38. The van der Waals surface area contributed by atoms with E-state index in [2.05, 4.69) is 21.7 Å². The van der Waals surface area contributed by atoms with Crippen LogP contribution >= 0.6 is 0 Å². The summed E-state index contributed by atoms with van der Waals surface area (Å²) in [5, 5.41) is 0. The van der Waals surface area contributed by atoms with Crippen LogP contribution < -0.4 is 5.62 Å². The normalized spacial score (nSPS) is 12.0. The standard InChI is InChI=1S/C11H13N3/c1-12-11-13(2)8-9-14(11)10-6-4-3-5-7-10/h3-9H,1-2H3/b12-11-. The molecule has 0 saturated carbocycles. The van der Waals surface area contributed by atoms with Gasteiger partial charge in [0.25, 0.3) is 0 Å². The van der Waals surface area contributed by atoms with Gasteiger partial charge >= 0.3 is 0 Å². The second-order valence-corrected chi connectivity index (χ2v) is 3.14. The van der Waals surface area contributed by atoms with Crippen molar-refractivity contribution in [2.75, 3.05) is 7.05 Å². The van der Waals surface area contributed by atoms with Crippen LogP contribution in [-0.2, 0) is 7.05 Å². The van der Waals surface area contributed by atoms with E-state index < -0.39 is 0 Å². The monoisotopic (exact) mass is 187 g/mol. The molecule has 0 atom stereocenters. The van der Waals surface area contributed by atoms with E-state index >= 15 is 0 Å². The van der Waals surface area contributed by atoms with Gasteiger partial charge in [-0.15, -0.1) is 0 Å². The van der Waals surface area contributed by atoms with Crippen LogP contribution in [0.4, 0.5) is 0 Å². The summed E-state index contributed by atoms with van der Waals surface area (Å²) < 4.78 is 4.05. The molecule has 0 radical (unpaired) electrons. The molecule has 1 aromatic carbocycles. The Morgan fingerprint density at radius 2 is 1.79 bits per heavy atom. The van der Waals surface area contributed by atoms with Gasteiger partial charge in [-0.2, -0.15) is 0 Å². The molecule has 0 N–H and O–H groups in total. The summed E-state index contributed by atoms with van der Waals surface area (Å²) in [4.78, 5) is 4.23. The molecule has 1 aromatic heterocycles. The van der Waals surface area contributed by atoms with Crippen LogP contribution in [0.2, 0.25) is 0 Å². The number of hydrogen-bond donors (Lipinski definition) is 0. The van der Waals surface area contributed by atoms with Crippen LogP contribution in [0.3, 0.4) is 0 Å². The maximum absolute atomic E-state index is 4.23. The lowest BCUT2D eigenvalue weighted by molar-refractivity contribution is 0.783. The van der Waals surface area contributed by atoms with Gasteiger partial charge in [-0.05, 0) is 12.1 Å². The van der Waals surface area contributed by atoms with Crippen LogP contribution in [0.5, 0.6) is 0 Å². The number of nitrogens with zero attached hydrogens (tertiary/aromatic N) is 3. The molecule has 0 saturated heterocycles. The summed E-state index contributed by atoms with van der Waals surface area (Å²) in [6.07, 6.45) is 4.01. The van der Waals surface area contributed by atoms with Crippen molar-refractivity contribution in [3.05, 3.63) is 48.3 Å². The molecular formula is C11H13N3. The average Bonchev–Trinajstić information content (AvgIpc) is 2.61.